The first kappa shape index (κ1) is 8.11. The van der Waals surface area contributed by atoms with E-state index in [0.717, 1.165) is 16.8 Å². The van der Waals surface area contributed by atoms with Gasteiger partial charge < -0.3 is 5.73 Å². The van der Waals surface area contributed by atoms with E-state index >= 15 is 0 Å². The van der Waals surface area contributed by atoms with Gasteiger partial charge in [0, 0.05) is 17.6 Å². The van der Waals surface area contributed by atoms with Gasteiger partial charge in [-0.05, 0) is 29.8 Å². The van der Waals surface area contributed by atoms with Gasteiger partial charge in [0.2, 0.25) is 0 Å². The number of aryl methyl sites for hydroxylation is 1. The van der Waals surface area contributed by atoms with E-state index in [9.17, 15) is 0 Å². The zero-order valence-corrected chi connectivity index (χ0v) is 7.83. The van der Waals surface area contributed by atoms with Crippen LogP contribution in [0.5, 0.6) is 0 Å². The summed E-state index contributed by atoms with van der Waals surface area (Å²) in [5, 5.41) is 2.35. The lowest BCUT2D eigenvalue weighted by atomic mass is 9.89. The quantitative estimate of drug-likeness (QED) is 0.458. The summed E-state index contributed by atoms with van der Waals surface area (Å²) in [4.78, 5) is 4.30. The molecule has 0 aliphatic heterocycles. The second-order valence-electron chi connectivity index (χ2n) is 3.32. The Bertz CT molecular complexity index is 460. The van der Waals surface area contributed by atoms with E-state index in [1.54, 1.807) is 0 Å². The van der Waals surface area contributed by atoms with Gasteiger partial charge in [0.05, 0.1) is 0 Å². The summed E-state index contributed by atoms with van der Waals surface area (Å²) in [6, 6.07) is 5.90. The number of pyridine rings is 1. The van der Waals surface area contributed by atoms with Crippen molar-refractivity contribution in [1.29, 1.82) is 0 Å². The monoisotopic (exact) mass is 170 g/mol. The lowest BCUT2D eigenvalue weighted by molar-refractivity contribution is 1.24. The van der Waals surface area contributed by atoms with E-state index in [0.29, 0.717) is 0 Å². The highest BCUT2D eigenvalue weighted by molar-refractivity contribution is 6.39. The topological polar surface area (TPSA) is 38.9 Å². The van der Waals surface area contributed by atoms with Crippen molar-refractivity contribution in [3.8, 4) is 0 Å². The van der Waals surface area contributed by atoms with Crippen LogP contribution in [-0.2, 0) is 0 Å². The molecule has 0 spiro atoms. The fraction of sp³-hybridized carbons (Fsp3) is 0.100. The summed E-state index contributed by atoms with van der Waals surface area (Å²) in [6.45, 7) is 2.01. The maximum Gasteiger partial charge on any atom is 0.142 e. The molecule has 0 saturated carbocycles. The molecular formula is C10H11BN2. The van der Waals surface area contributed by atoms with Crippen molar-refractivity contribution in [2.45, 2.75) is 6.92 Å². The molecule has 1 heterocycles. The van der Waals surface area contributed by atoms with Gasteiger partial charge in [-0.3, -0.25) is 4.98 Å². The number of fused-ring (bicyclic) bond motifs is 1. The largest absolute Gasteiger partial charge is 0.399 e. The number of rotatable bonds is 0. The van der Waals surface area contributed by atoms with E-state index in [1.807, 2.05) is 31.3 Å². The molecule has 1 aromatic carbocycles. The van der Waals surface area contributed by atoms with Crippen molar-refractivity contribution in [2.24, 2.45) is 0 Å². The molecule has 0 aliphatic carbocycles. The standard InChI is InChI=1S/C10H11BN2/c1-6-10(11)9-4-8(12)3-2-7(9)5-13-6/h2-5H,11-12H2,1H3. The smallest absolute Gasteiger partial charge is 0.142 e. The molecule has 0 amide bonds. The van der Waals surface area contributed by atoms with Crippen LogP contribution >= 0.6 is 0 Å². The molecule has 0 fully saturated rings. The molecule has 2 aromatic rings. The van der Waals surface area contributed by atoms with E-state index in [2.05, 4.69) is 12.8 Å². The molecule has 0 atom stereocenters. The number of nitrogens with zero attached hydrogens (tertiary/aromatic N) is 1. The van der Waals surface area contributed by atoms with Crippen LogP contribution in [-0.4, -0.2) is 12.8 Å². The van der Waals surface area contributed by atoms with E-state index in [-0.39, 0.29) is 0 Å². The third-order valence-electron chi connectivity index (χ3n) is 2.42. The highest BCUT2D eigenvalue weighted by Gasteiger charge is 2.00. The second kappa shape index (κ2) is 2.77. The SMILES string of the molecule is Bc1c(C)ncc2ccc(N)cc12. The molecule has 64 valence electrons. The highest BCUT2D eigenvalue weighted by Crippen LogP contribution is 2.14. The maximum atomic E-state index is 5.72. The Morgan fingerprint density at radius 2 is 2.15 bits per heavy atom. The van der Waals surface area contributed by atoms with Crippen molar-refractivity contribution in [2.75, 3.05) is 5.73 Å². The summed E-state index contributed by atoms with van der Waals surface area (Å²) in [6.07, 6.45) is 1.89. The lowest BCUT2D eigenvalue weighted by Crippen LogP contribution is -2.10. The number of nitrogen functional groups attached to an aromatic ring is 1. The first-order valence-corrected chi connectivity index (χ1v) is 4.30. The van der Waals surface area contributed by atoms with Crippen LogP contribution < -0.4 is 11.2 Å². The van der Waals surface area contributed by atoms with Gasteiger partial charge >= 0.3 is 0 Å². The third-order valence-corrected chi connectivity index (χ3v) is 2.42. The minimum atomic E-state index is 0.807. The molecule has 0 bridgehead atoms. The molecule has 3 heteroatoms. The second-order valence-corrected chi connectivity index (χ2v) is 3.32. The number of hydrogen-bond donors (Lipinski definition) is 1. The number of anilines is 1. The molecule has 1 aromatic heterocycles. The van der Waals surface area contributed by atoms with Gasteiger partial charge in [0.1, 0.15) is 7.85 Å². The van der Waals surface area contributed by atoms with Crippen LogP contribution in [0.15, 0.2) is 24.4 Å². The summed E-state index contributed by atoms with van der Waals surface area (Å²) in [7, 11) is 2.07. The van der Waals surface area contributed by atoms with Crippen LogP contribution in [0.1, 0.15) is 5.69 Å². The maximum absolute atomic E-state index is 5.72. The highest BCUT2D eigenvalue weighted by atomic mass is 14.7. The van der Waals surface area contributed by atoms with Crippen LogP contribution in [0, 0.1) is 6.92 Å². The van der Waals surface area contributed by atoms with Crippen molar-refractivity contribution in [3.05, 3.63) is 30.1 Å². The Kier molecular flexibility index (Phi) is 1.73. The minimum Gasteiger partial charge on any atom is -0.399 e. The summed E-state index contributed by atoms with van der Waals surface area (Å²) < 4.78 is 0. The number of benzene rings is 1. The molecule has 2 nitrogen and oxygen atoms in total. The molecule has 2 N–H and O–H groups in total. The molecule has 0 saturated heterocycles. The number of aromatic nitrogens is 1. The molecule has 0 unspecified atom stereocenters. The third kappa shape index (κ3) is 1.26. The molecular weight excluding hydrogens is 159 g/mol. The normalized spacial score (nSPS) is 10.5. The fourth-order valence-electron chi connectivity index (χ4n) is 1.47. The van der Waals surface area contributed by atoms with E-state index in [4.69, 9.17) is 5.73 Å². The summed E-state index contributed by atoms with van der Waals surface area (Å²) >= 11 is 0. The average Bonchev–Trinajstić information content (AvgIpc) is 2.12. The zero-order chi connectivity index (χ0) is 9.42. The predicted octanol–water partition coefficient (Wildman–Crippen LogP) is 0.384. The Balaban J connectivity index is 2.89. The average molecular weight is 170 g/mol. The Labute approximate surface area is 78.2 Å². The Morgan fingerprint density at radius 3 is 2.92 bits per heavy atom. The number of nitrogens with two attached hydrogens (primary N) is 1. The van der Waals surface area contributed by atoms with Gasteiger partial charge in [-0.1, -0.05) is 11.5 Å². The molecule has 2 rings (SSSR count). The fourth-order valence-corrected chi connectivity index (χ4v) is 1.47. The predicted molar refractivity (Wildman–Crippen MR) is 59.1 cm³/mol. The molecule has 0 radical (unpaired) electrons. The first-order chi connectivity index (χ1) is 6.18. The van der Waals surface area contributed by atoms with Gasteiger partial charge in [0.25, 0.3) is 0 Å². The Hall–Kier alpha value is -1.51. The van der Waals surface area contributed by atoms with Crippen LogP contribution in [0.3, 0.4) is 0 Å². The van der Waals surface area contributed by atoms with Crippen LogP contribution in [0.25, 0.3) is 10.8 Å². The van der Waals surface area contributed by atoms with Crippen molar-refractivity contribution >= 4 is 29.8 Å². The van der Waals surface area contributed by atoms with E-state index in [1.165, 1.54) is 10.8 Å². The van der Waals surface area contributed by atoms with Gasteiger partial charge in [-0.2, -0.15) is 0 Å². The Morgan fingerprint density at radius 1 is 1.38 bits per heavy atom. The number of hydrogen-bond acceptors (Lipinski definition) is 2. The van der Waals surface area contributed by atoms with Gasteiger partial charge in [-0.25, -0.2) is 0 Å². The molecule has 0 aliphatic rings. The minimum absolute atomic E-state index is 0.807. The zero-order valence-electron chi connectivity index (χ0n) is 7.83. The van der Waals surface area contributed by atoms with Crippen molar-refractivity contribution in [1.82, 2.24) is 4.98 Å². The van der Waals surface area contributed by atoms with Gasteiger partial charge in [0.15, 0.2) is 0 Å². The molecule has 13 heavy (non-hydrogen) atoms. The summed E-state index contributed by atoms with van der Waals surface area (Å²) in [5.74, 6) is 0. The van der Waals surface area contributed by atoms with Crippen LogP contribution in [0.2, 0.25) is 0 Å². The van der Waals surface area contributed by atoms with Crippen LogP contribution in [0.4, 0.5) is 5.69 Å². The first-order valence-electron chi connectivity index (χ1n) is 4.30. The van der Waals surface area contributed by atoms with Gasteiger partial charge in [-0.15, -0.1) is 0 Å². The van der Waals surface area contributed by atoms with Crippen molar-refractivity contribution < 1.29 is 0 Å². The van der Waals surface area contributed by atoms with Crippen molar-refractivity contribution in [3.63, 3.8) is 0 Å². The van der Waals surface area contributed by atoms with E-state index < -0.39 is 0 Å². The lowest BCUT2D eigenvalue weighted by Gasteiger charge is -2.05. The summed E-state index contributed by atoms with van der Waals surface area (Å²) in [5.41, 5.74) is 8.81.